The number of ether oxygens (including phenoxy) is 1. The Hall–Kier alpha value is -2.30. The molecule has 0 saturated heterocycles. The number of rotatable bonds is 1. The van der Waals surface area contributed by atoms with E-state index in [-0.39, 0.29) is 0 Å². The fraction of sp³-hybridized carbons (Fsp3) is 0.444. The van der Waals surface area contributed by atoms with E-state index in [1.807, 2.05) is 18.2 Å². The number of hydrogen-bond acceptors (Lipinski definition) is 3. The number of carboxylic acids is 1. The molecule has 0 saturated carbocycles. The maximum Gasteiger partial charge on any atom is 0.411 e. The summed E-state index contributed by atoms with van der Waals surface area (Å²) in [5.74, 6) is -0.994. The number of carbonyl (C=O) groups excluding carboxylic acids is 1. The summed E-state index contributed by atoms with van der Waals surface area (Å²) in [6, 6.07) is 7.15. The second-order valence-electron chi connectivity index (χ2n) is 7.08. The zero-order chi connectivity index (χ0) is 16.8. The highest BCUT2D eigenvalue weighted by Gasteiger charge is 2.40. The van der Waals surface area contributed by atoms with Gasteiger partial charge in [-0.3, -0.25) is 4.90 Å². The first-order valence-corrected chi connectivity index (χ1v) is 7.78. The predicted molar refractivity (Wildman–Crippen MR) is 86.0 cm³/mol. The molecule has 5 nitrogen and oxygen atoms in total. The van der Waals surface area contributed by atoms with Crippen LogP contribution in [0.3, 0.4) is 0 Å². The third-order valence-corrected chi connectivity index (χ3v) is 4.22. The average molecular weight is 315 g/mol. The molecule has 0 radical (unpaired) electrons. The molecule has 0 unspecified atom stereocenters. The number of amides is 1. The number of nitrogens with zero attached hydrogens (tertiary/aromatic N) is 1. The lowest BCUT2D eigenvalue weighted by Gasteiger charge is -2.35. The van der Waals surface area contributed by atoms with Gasteiger partial charge in [0.2, 0.25) is 0 Å². The summed E-state index contributed by atoms with van der Waals surface area (Å²) in [5, 5.41) is 9.55. The van der Waals surface area contributed by atoms with Gasteiger partial charge < -0.3 is 9.84 Å². The third-order valence-electron chi connectivity index (χ3n) is 4.22. The topological polar surface area (TPSA) is 66.8 Å². The fourth-order valence-corrected chi connectivity index (χ4v) is 3.25. The summed E-state index contributed by atoms with van der Waals surface area (Å²) in [6.45, 7) is 5.65. The van der Waals surface area contributed by atoms with Crippen molar-refractivity contribution in [2.24, 2.45) is 0 Å². The number of carbonyl (C=O) groups is 2. The van der Waals surface area contributed by atoms with E-state index in [0.717, 1.165) is 23.1 Å². The molecule has 23 heavy (non-hydrogen) atoms. The smallest absolute Gasteiger partial charge is 0.411 e. The summed E-state index contributed by atoms with van der Waals surface area (Å²) < 4.78 is 5.38. The van der Waals surface area contributed by atoms with Crippen molar-refractivity contribution in [2.75, 3.05) is 6.54 Å². The van der Waals surface area contributed by atoms with Gasteiger partial charge in [0.1, 0.15) is 11.6 Å². The van der Waals surface area contributed by atoms with E-state index in [9.17, 15) is 14.7 Å². The molecule has 5 heteroatoms. The zero-order valence-electron chi connectivity index (χ0n) is 13.6. The van der Waals surface area contributed by atoms with Crippen molar-refractivity contribution in [1.29, 1.82) is 0 Å². The van der Waals surface area contributed by atoms with Crippen molar-refractivity contribution < 1.29 is 19.4 Å². The maximum absolute atomic E-state index is 12.4. The summed E-state index contributed by atoms with van der Waals surface area (Å²) in [6.07, 6.45) is 0.547. The molecule has 1 aromatic rings. The van der Waals surface area contributed by atoms with E-state index in [4.69, 9.17) is 4.74 Å². The Kier molecular flexibility index (Phi) is 3.66. The Morgan fingerprint density at radius 1 is 1.26 bits per heavy atom. The molecule has 0 fully saturated rings. The minimum absolute atomic E-state index is 0.315. The highest BCUT2D eigenvalue weighted by Crippen LogP contribution is 2.40. The fourth-order valence-electron chi connectivity index (χ4n) is 3.25. The lowest BCUT2D eigenvalue weighted by atomic mass is 9.93. The molecule has 0 spiro atoms. The largest absolute Gasteiger partial charge is 0.480 e. The highest BCUT2D eigenvalue weighted by molar-refractivity contribution is 5.88. The molecule has 1 aliphatic carbocycles. The van der Waals surface area contributed by atoms with Gasteiger partial charge >= 0.3 is 12.1 Å². The van der Waals surface area contributed by atoms with Crippen LogP contribution in [0.1, 0.15) is 38.3 Å². The minimum atomic E-state index is -0.994. The van der Waals surface area contributed by atoms with Crippen molar-refractivity contribution in [2.45, 2.75) is 45.3 Å². The Bertz CT molecular complexity index is 699. The number of fused-ring (bicyclic) bond motifs is 2. The van der Waals surface area contributed by atoms with Crippen LogP contribution in [0.25, 0.3) is 5.57 Å². The maximum atomic E-state index is 12.4. The summed E-state index contributed by atoms with van der Waals surface area (Å²) >= 11 is 0. The van der Waals surface area contributed by atoms with Crippen LogP contribution in [0.2, 0.25) is 0 Å². The second kappa shape index (κ2) is 5.41. The number of benzene rings is 1. The number of carboxylic acid groups (broad SMARTS) is 1. The molecule has 1 aromatic carbocycles. The molecular weight excluding hydrogens is 294 g/mol. The van der Waals surface area contributed by atoms with Crippen LogP contribution in [0.4, 0.5) is 4.79 Å². The van der Waals surface area contributed by atoms with Crippen LogP contribution in [0.15, 0.2) is 29.8 Å². The normalized spacial score (nSPS) is 20.1. The lowest BCUT2D eigenvalue weighted by Crippen LogP contribution is -2.50. The predicted octanol–water partition coefficient (Wildman–Crippen LogP) is 3.09. The van der Waals surface area contributed by atoms with Crippen molar-refractivity contribution in [3.05, 3.63) is 41.0 Å². The van der Waals surface area contributed by atoms with Crippen LogP contribution in [-0.2, 0) is 16.0 Å². The van der Waals surface area contributed by atoms with E-state index in [2.05, 4.69) is 6.07 Å². The SMILES string of the molecule is CC(C)(C)OC(=O)N1CC2=C(C[C@@H]1C(=O)O)c1ccccc1C2. The van der Waals surface area contributed by atoms with Crippen LogP contribution in [0, 0.1) is 0 Å². The Morgan fingerprint density at radius 3 is 2.61 bits per heavy atom. The summed E-state index contributed by atoms with van der Waals surface area (Å²) in [4.78, 5) is 25.4. The summed E-state index contributed by atoms with van der Waals surface area (Å²) in [7, 11) is 0. The van der Waals surface area contributed by atoms with Gasteiger partial charge in [-0.1, -0.05) is 24.3 Å². The van der Waals surface area contributed by atoms with Crippen LogP contribution < -0.4 is 0 Å². The first-order valence-electron chi connectivity index (χ1n) is 7.78. The molecule has 1 aliphatic heterocycles. The van der Waals surface area contributed by atoms with Crippen molar-refractivity contribution in [3.8, 4) is 0 Å². The zero-order valence-corrected chi connectivity index (χ0v) is 13.6. The van der Waals surface area contributed by atoms with Gasteiger partial charge in [-0.25, -0.2) is 9.59 Å². The van der Waals surface area contributed by atoms with Gasteiger partial charge in [0, 0.05) is 13.0 Å². The Labute approximate surface area is 135 Å². The van der Waals surface area contributed by atoms with Gasteiger partial charge in [0.25, 0.3) is 0 Å². The quantitative estimate of drug-likeness (QED) is 0.865. The van der Waals surface area contributed by atoms with E-state index < -0.39 is 23.7 Å². The Morgan fingerprint density at radius 2 is 1.96 bits per heavy atom. The molecular formula is C18H21NO4. The standard InChI is InChI=1S/C18H21NO4/c1-18(2,3)23-17(22)19-10-12-8-11-6-4-5-7-13(11)14(12)9-15(19)16(20)21/h4-7,15H,8-10H2,1-3H3,(H,20,21)/t15-/m1/s1. The molecule has 1 amide bonds. The van der Waals surface area contributed by atoms with E-state index in [0.29, 0.717) is 13.0 Å². The molecule has 1 atom stereocenters. The average Bonchev–Trinajstić information content (AvgIpc) is 2.81. The van der Waals surface area contributed by atoms with E-state index >= 15 is 0 Å². The molecule has 2 aliphatic rings. The molecule has 122 valence electrons. The van der Waals surface area contributed by atoms with Crippen LogP contribution >= 0.6 is 0 Å². The van der Waals surface area contributed by atoms with Crippen LogP contribution in [0.5, 0.6) is 0 Å². The van der Waals surface area contributed by atoms with Crippen molar-refractivity contribution in [3.63, 3.8) is 0 Å². The second-order valence-corrected chi connectivity index (χ2v) is 7.08. The molecule has 3 rings (SSSR count). The number of aliphatic carboxylic acids is 1. The third kappa shape index (κ3) is 2.96. The van der Waals surface area contributed by atoms with Gasteiger partial charge in [-0.05, 0) is 49.5 Å². The van der Waals surface area contributed by atoms with E-state index in [1.165, 1.54) is 10.5 Å². The van der Waals surface area contributed by atoms with Gasteiger partial charge in [-0.15, -0.1) is 0 Å². The highest BCUT2D eigenvalue weighted by atomic mass is 16.6. The summed E-state index contributed by atoms with van der Waals surface area (Å²) in [5.41, 5.74) is 3.88. The molecule has 1 heterocycles. The van der Waals surface area contributed by atoms with Gasteiger partial charge in [0.05, 0.1) is 0 Å². The van der Waals surface area contributed by atoms with Gasteiger partial charge in [-0.2, -0.15) is 0 Å². The first-order chi connectivity index (χ1) is 10.8. The lowest BCUT2D eigenvalue weighted by molar-refractivity contribution is -0.143. The molecule has 1 N–H and O–H groups in total. The molecule has 0 aromatic heterocycles. The van der Waals surface area contributed by atoms with Crippen LogP contribution in [-0.4, -0.2) is 40.3 Å². The van der Waals surface area contributed by atoms with Crippen molar-refractivity contribution >= 4 is 17.6 Å². The van der Waals surface area contributed by atoms with E-state index in [1.54, 1.807) is 20.8 Å². The minimum Gasteiger partial charge on any atom is -0.480 e. The van der Waals surface area contributed by atoms with Crippen molar-refractivity contribution in [1.82, 2.24) is 4.90 Å². The Balaban J connectivity index is 1.90. The monoisotopic (exact) mass is 315 g/mol. The van der Waals surface area contributed by atoms with Gasteiger partial charge in [0.15, 0.2) is 0 Å². The first kappa shape index (κ1) is 15.6. The number of hydrogen-bond donors (Lipinski definition) is 1. The molecule has 0 bridgehead atoms.